The minimum Gasteiger partial charge on any atom is -0.483 e. The number of hydrogen-bond donors (Lipinski definition) is 1. The number of rotatable bonds is 8. The Hall–Kier alpha value is -4.44. The van der Waals surface area contributed by atoms with E-state index < -0.39 is 11.9 Å². The van der Waals surface area contributed by atoms with Crippen molar-refractivity contribution in [1.82, 2.24) is 9.78 Å². The summed E-state index contributed by atoms with van der Waals surface area (Å²) >= 11 is 3.43. The molecule has 1 heterocycles. The van der Waals surface area contributed by atoms with E-state index in [2.05, 4.69) is 26.3 Å². The molecule has 0 spiro atoms. The molecule has 1 amide bonds. The molecule has 1 N–H and O–H groups in total. The number of amides is 1. The molecule has 37 heavy (non-hydrogen) atoms. The van der Waals surface area contributed by atoms with Crippen molar-refractivity contribution in [2.24, 2.45) is 0 Å². The van der Waals surface area contributed by atoms with Crippen molar-refractivity contribution in [3.05, 3.63) is 94.6 Å². The number of para-hydroxylation sites is 2. The molecule has 0 atom stereocenters. The Morgan fingerprint density at radius 3 is 2.19 bits per heavy atom. The Morgan fingerprint density at radius 2 is 1.54 bits per heavy atom. The first-order chi connectivity index (χ1) is 17.9. The summed E-state index contributed by atoms with van der Waals surface area (Å²) in [5, 5.41) is 7.35. The quantitative estimate of drug-likeness (QED) is 0.304. The van der Waals surface area contributed by atoms with Crippen LogP contribution in [0, 0.1) is 0 Å². The van der Waals surface area contributed by atoms with Gasteiger partial charge in [0.2, 0.25) is 0 Å². The van der Waals surface area contributed by atoms with Gasteiger partial charge in [-0.25, -0.2) is 14.3 Å². The van der Waals surface area contributed by atoms with Crippen molar-refractivity contribution in [3.63, 3.8) is 0 Å². The maximum absolute atomic E-state index is 13.0. The molecule has 188 valence electrons. The molecule has 0 radical (unpaired) electrons. The second kappa shape index (κ2) is 11.5. The number of anilines is 1. The molecule has 0 saturated carbocycles. The van der Waals surface area contributed by atoms with Crippen molar-refractivity contribution in [1.29, 1.82) is 0 Å². The summed E-state index contributed by atoms with van der Waals surface area (Å²) in [5.74, 6) is -1.67. The van der Waals surface area contributed by atoms with E-state index >= 15 is 0 Å². The van der Waals surface area contributed by atoms with Crippen LogP contribution < -0.4 is 10.1 Å². The summed E-state index contributed by atoms with van der Waals surface area (Å²) in [4.78, 5) is 38.3. The summed E-state index contributed by atoms with van der Waals surface area (Å²) in [6.45, 7) is -0.305. The van der Waals surface area contributed by atoms with E-state index in [4.69, 9.17) is 14.2 Å². The molecule has 9 nitrogen and oxygen atoms in total. The smallest absolute Gasteiger partial charge is 0.357 e. The predicted octanol–water partition coefficient (Wildman–Crippen LogP) is 4.89. The van der Waals surface area contributed by atoms with E-state index in [1.807, 2.05) is 12.1 Å². The van der Waals surface area contributed by atoms with Crippen LogP contribution in [-0.2, 0) is 14.3 Å². The van der Waals surface area contributed by atoms with Crippen LogP contribution in [0.1, 0.15) is 20.8 Å². The van der Waals surface area contributed by atoms with Gasteiger partial charge in [0.1, 0.15) is 17.0 Å². The average molecular weight is 564 g/mol. The summed E-state index contributed by atoms with van der Waals surface area (Å²) in [7, 11) is 2.42. The standard InChI is InChI=1S/C27H22BrN3O6/c1-35-26(33)23-24(30-31(25(23)27(34)36-2)19-11-7-4-8-12-19)20-15-17(28)13-14-21(20)37-16-22(32)29-18-9-5-3-6-10-18/h3-15H,16H2,1-2H3,(H,29,32). The van der Waals surface area contributed by atoms with Gasteiger partial charge in [-0.2, -0.15) is 5.10 Å². The molecule has 0 bridgehead atoms. The minimum absolute atomic E-state index is 0.102. The Bertz CT molecular complexity index is 1440. The van der Waals surface area contributed by atoms with E-state index in [0.29, 0.717) is 21.4 Å². The average Bonchev–Trinajstić information content (AvgIpc) is 3.33. The third-order valence-electron chi connectivity index (χ3n) is 5.27. The highest BCUT2D eigenvalue weighted by molar-refractivity contribution is 9.10. The van der Waals surface area contributed by atoms with Crippen molar-refractivity contribution in [2.75, 3.05) is 26.1 Å². The van der Waals surface area contributed by atoms with Crippen LogP contribution in [0.5, 0.6) is 5.75 Å². The number of ether oxygens (including phenoxy) is 3. The lowest BCUT2D eigenvalue weighted by molar-refractivity contribution is -0.118. The number of methoxy groups -OCH3 is 2. The van der Waals surface area contributed by atoms with Crippen molar-refractivity contribution in [2.45, 2.75) is 0 Å². The predicted molar refractivity (Wildman–Crippen MR) is 140 cm³/mol. The molecule has 0 unspecified atom stereocenters. The van der Waals surface area contributed by atoms with Gasteiger partial charge >= 0.3 is 11.9 Å². The summed E-state index contributed by atoms with van der Waals surface area (Å²) in [6.07, 6.45) is 0. The molecular weight excluding hydrogens is 542 g/mol. The largest absolute Gasteiger partial charge is 0.483 e. The lowest BCUT2D eigenvalue weighted by Crippen LogP contribution is -2.20. The fourth-order valence-electron chi connectivity index (χ4n) is 3.62. The van der Waals surface area contributed by atoms with Crippen LogP contribution in [0.3, 0.4) is 0 Å². The fraction of sp³-hybridized carbons (Fsp3) is 0.111. The zero-order valence-electron chi connectivity index (χ0n) is 19.9. The topological polar surface area (TPSA) is 109 Å². The van der Waals surface area contributed by atoms with Gasteiger partial charge < -0.3 is 19.5 Å². The monoisotopic (exact) mass is 563 g/mol. The van der Waals surface area contributed by atoms with Gasteiger partial charge in [0, 0.05) is 15.7 Å². The van der Waals surface area contributed by atoms with Crippen LogP contribution in [0.15, 0.2) is 83.3 Å². The van der Waals surface area contributed by atoms with Crippen molar-refractivity contribution in [3.8, 4) is 22.7 Å². The molecule has 0 saturated heterocycles. The third kappa shape index (κ3) is 5.70. The summed E-state index contributed by atoms with van der Waals surface area (Å²) in [5.41, 5.74) is 1.43. The van der Waals surface area contributed by atoms with Crippen LogP contribution in [0.2, 0.25) is 0 Å². The Balaban J connectivity index is 1.80. The molecule has 0 aliphatic rings. The highest BCUT2D eigenvalue weighted by Crippen LogP contribution is 2.37. The van der Waals surface area contributed by atoms with Gasteiger partial charge in [-0.15, -0.1) is 0 Å². The maximum atomic E-state index is 13.0. The van der Waals surface area contributed by atoms with E-state index in [0.717, 1.165) is 0 Å². The van der Waals surface area contributed by atoms with Gasteiger partial charge in [0.25, 0.3) is 5.91 Å². The lowest BCUT2D eigenvalue weighted by atomic mass is 10.0. The van der Waals surface area contributed by atoms with E-state index in [1.165, 1.54) is 18.9 Å². The number of aromatic nitrogens is 2. The number of nitrogens with one attached hydrogen (secondary N) is 1. The second-order valence-corrected chi connectivity index (χ2v) is 8.56. The Labute approximate surface area is 221 Å². The molecule has 0 aliphatic carbocycles. The molecule has 4 aromatic rings. The van der Waals surface area contributed by atoms with Crippen LogP contribution in [0.25, 0.3) is 16.9 Å². The molecule has 0 aliphatic heterocycles. The number of hydrogen-bond acceptors (Lipinski definition) is 7. The van der Waals surface area contributed by atoms with E-state index in [9.17, 15) is 14.4 Å². The highest BCUT2D eigenvalue weighted by Gasteiger charge is 2.32. The number of esters is 2. The molecule has 3 aromatic carbocycles. The highest BCUT2D eigenvalue weighted by atomic mass is 79.9. The number of nitrogens with zero attached hydrogens (tertiary/aromatic N) is 2. The lowest BCUT2D eigenvalue weighted by Gasteiger charge is -2.12. The summed E-state index contributed by atoms with van der Waals surface area (Å²) < 4.78 is 17.8. The minimum atomic E-state index is -0.787. The molecule has 4 rings (SSSR count). The van der Waals surface area contributed by atoms with Gasteiger partial charge in [0.15, 0.2) is 12.3 Å². The first kappa shape index (κ1) is 25.6. The van der Waals surface area contributed by atoms with Gasteiger partial charge in [-0.3, -0.25) is 4.79 Å². The number of carbonyl (C=O) groups is 3. The maximum Gasteiger partial charge on any atom is 0.357 e. The van der Waals surface area contributed by atoms with Crippen molar-refractivity contribution < 1.29 is 28.6 Å². The first-order valence-corrected chi connectivity index (χ1v) is 11.8. The number of carbonyl (C=O) groups excluding carboxylic acids is 3. The molecule has 10 heteroatoms. The van der Waals surface area contributed by atoms with E-state index in [-0.39, 0.29) is 35.2 Å². The third-order valence-corrected chi connectivity index (χ3v) is 5.76. The van der Waals surface area contributed by atoms with Crippen LogP contribution >= 0.6 is 15.9 Å². The molecular formula is C27H22BrN3O6. The number of halogens is 1. The normalized spacial score (nSPS) is 10.5. The van der Waals surface area contributed by atoms with E-state index in [1.54, 1.807) is 66.7 Å². The molecule has 0 fully saturated rings. The Kier molecular flexibility index (Phi) is 7.99. The zero-order valence-corrected chi connectivity index (χ0v) is 21.5. The number of benzene rings is 3. The SMILES string of the molecule is COC(=O)c1c(-c2cc(Br)ccc2OCC(=O)Nc2ccccc2)nn(-c2ccccc2)c1C(=O)OC. The van der Waals surface area contributed by atoms with Crippen LogP contribution in [-0.4, -0.2) is 48.5 Å². The van der Waals surface area contributed by atoms with Crippen LogP contribution in [0.4, 0.5) is 5.69 Å². The first-order valence-electron chi connectivity index (χ1n) is 11.1. The zero-order chi connectivity index (χ0) is 26.4. The van der Waals surface area contributed by atoms with Gasteiger partial charge in [-0.05, 0) is 42.5 Å². The van der Waals surface area contributed by atoms with Gasteiger partial charge in [-0.1, -0.05) is 52.3 Å². The summed E-state index contributed by atoms with van der Waals surface area (Å²) in [6, 6.07) is 22.8. The van der Waals surface area contributed by atoms with Gasteiger partial charge in [0.05, 0.1) is 19.9 Å². The van der Waals surface area contributed by atoms with Crippen molar-refractivity contribution >= 4 is 39.5 Å². The molecule has 1 aromatic heterocycles. The fourth-order valence-corrected chi connectivity index (χ4v) is 3.98. The second-order valence-electron chi connectivity index (χ2n) is 7.65. The Morgan fingerprint density at radius 1 is 0.892 bits per heavy atom.